The highest BCUT2D eigenvalue weighted by molar-refractivity contribution is 7.09. The summed E-state index contributed by atoms with van der Waals surface area (Å²) >= 11 is 1.67. The molecule has 1 aliphatic carbocycles. The first-order chi connectivity index (χ1) is 7.75. The molecule has 3 nitrogen and oxygen atoms in total. The molecule has 0 radical (unpaired) electrons. The zero-order valence-corrected chi connectivity index (χ0v) is 10.7. The Morgan fingerprint density at radius 2 is 2.25 bits per heavy atom. The van der Waals surface area contributed by atoms with Gasteiger partial charge >= 0.3 is 0 Å². The highest BCUT2D eigenvalue weighted by Gasteiger charge is 2.13. The Kier molecular flexibility index (Phi) is 4.32. The molecule has 0 amide bonds. The van der Waals surface area contributed by atoms with Crippen LogP contribution in [0.5, 0.6) is 0 Å². The van der Waals surface area contributed by atoms with Gasteiger partial charge in [0, 0.05) is 18.0 Å². The average Bonchev–Trinajstić information content (AvgIpc) is 2.76. The molecule has 0 saturated heterocycles. The fraction of sp³-hybridized carbons (Fsp3) is 0.750. The third kappa shape index (κ3) is 3.27. The van der Waals surface area contributed by atoms with Gasteiger partial charge in [-0.3, -0.25) is 0 Å². The van der Waals surface area contributed by atoms with Crippen LogP contribution in [0.15, 0.2) is 5.38 Å². The van der Waals surface area contributed by atoms with Crippen LogP contribution >= 0.6 is 11.3 Å². The lowest BCUT2D eigenvalue weighted by molar-refractivity contribution is 0.371. The van der Waals surface area contributed by atoms with Crippen molar-refractivity contribution in [2.24, 2.45) is 5.73 Å². The molecule has 1 unspecified atom stereocenters. The lowest BCUT2D eigenvalue weighted by Gasteiger charge is -2.22. The normalized spacial score (nSPS) is 19.9. The highest BCUT2D eigenvalue weighted by Crippen LogP contribution is 2.19. The molecule has 1 saturated carbocycles. The van der Waals surface area contributed by atoms with Crippen LogP contribution in [0.4, 0.5) is 0 Å². The summed E-state index contributed by atoms with van der Waals surface area (Å²) in [6.07, 6.45) is 6.80. The van der Waals surface area contributed by atoms with Crippen LogP contribution in [0.3, 0.4) is 0 Å². The van der Waals surface area contributed by atoms with Crippen molar-refractivity contribution in [3.63, 3.8) is 0 Å². The van der Waals surface area contributed by atoms with E-state index in [0.717, 1.165) is 17.2 Å². The van der Waals surface area contributed by atoms with Gasteiger partial charge in [0.05, 0.1) is 11.7 Å². The maximum atomic E-state index is 5.79. The molecular formula is C12H21N3S. The maximum Gasteiger partial charge on any atom is 0.109 e. The van der Waals surface area contributed by atoms with Gasteiger partial charge < -0.3 is 11.1 Å². The summed E-state index contributed by atoms with van der Waals surface area (Å²) in [6, 6.07) is 0.766. The minimum Gasteiger partial charge on any atom is -0.322 e. The molecule has 1 heterocycles. The minimum absolute atomic E-state index is 0.0634. The van der Waals surface area contributed by atoms with Gasteiger partial charge in [-0.1, -0.05) is 19.3 Å². The van der Waals surface area contributed by atoms with E-state index >= 15 is 0 Å². The number of nitrogens with two attached hydrogens (primary N) is 1. The van der Waals surface area contributed by atoms with Crippen LogP contribution < -0.4 is 11.1 Å². The molecule has 90 valence electrons. The van der Waals surface area contributed by atoms with Crippen LogP contribution in [0, 0.1) is 0 Å². The standard InChI is InChI=1S/C12H21N3S/c1-9(13)12-15-11(8-16-12)7-14-10-5-3-2-4-6-10/h8-10,14H,2-7,13H2,1H3. The van der Waals surface area contributed by atoms with Gasteiger partial charge in [0.2, 0.25) is 0 Å². The summed E-state index contributed by atoms with van der Waals surface area (Å²) in [5, 5.41) is 6.76. The first-order valence-corrected chi connectivity index (χ1v) is 7.07. The van der Waals surface area contributed by atoms with E-state index in [1.807, 2.05) is 6.92 Å². The second-order valence-corrected chi connectivity index (χ2v) is 5.57. The molecule has 1 aromatic rings. The molecule has 4 heteroatoms. The van der Waals surface area contributed by atoms with Gasteiger partial charge in [-0.05, 0) is 19.8 Å². The summed E-state index contributed by atoms with van der Waals surface area (Å²) < 4.78 is 0. The van der Waals surface area contributed by atoms with E-state index in [9.17, 15) is 0 Å². The van der Waals surface area contributed by atoms with Crippen molar-refractivity contribution in [2.75, 3.05) is 0 Å². The van der Waals surface area contributed by atoms with Crippen LogP contribution in [-0.4, -0.2) is 11.0 Å². The van der Waals surface area contributed by atoms with Crippen LogP contribution in [0.1, 0.15) is 55.8 Å². The molecular weight excluding hydrogens is 218 g/mol. The van der Waals surface area contributed by atoms with Crippen molar-refractivity contribution < 1.29 is 0 Å². The second-order valence-electron chi connectivity index (χ2n) is 4.68. The molecule has 0 spiro atoms. The van der Waals surface area contributed by atoms with E-state index in [1.165, 1.54) is 32.1 Å². The van der Waals surface area contributed by atoms with E-state index in [4.69, 9.17) is 5.73 Å². The Hall–Kier alpha value is -0.450. The number of hydrogen-bond acceptors (Lipinski definition) is 4. The van der Waals surface area contributed by atoms with Gasteiger partial charge in [0.15, 0.2) is 0 Å². The summed E-state index contributed by atoms with van der Waals surface area (Å²) in [5.74, 6) is 0. The van der Waals surface area contributed by atoms with Gasteiger partial charge in [0.1, 0.15) is 5.01 Å². The van der Waals surface area contributed by atoms with Crippen molar-refractivity contribution in [1.82, 2.24) is 10.3 Å². The number of rotatable bonds is 4. The summed E-state index contributed by atoms with van der Waals surface area (Å²) in [6.45, 7) is 2.88. The van der Waals surface area contributed by atoms with Crippen molar-refractivity contribution in [3.05, 3.63) is 16.1 Å². The van der Waals surface area contributed by atoms with Crippen molar-refractivity contribution >= 4 is 11.3 Å². The van der Waals surface area contributed by atoms with Gasteiger partial charge in [0.25, 0.3) is 0 Å². The van der Waals surface area contributed by atoms with Crippen LogP contribution in [0.25, 0.3) is 0 Å². The summed E-state index contributed by atoms with van der Waals surface area (Å²) in [4.78, 5) is 4.53. The molecule has 0 aliphatic heterocycles. The molecule has 1 aromatic heterocycles. The van der Waals surface area contributed by atoms with Crippen molar-refractivity contribution in [2.45, 2.75) is 57.7 Å². The maximum absolute atomic E-state index is 5.79. The van der Waals surface area contributed by atoms with Crippen molar-refractivity contribution in [1.29, 1.82) is 0 Å². The second kappa shape index (κ2) is 5.75. The van der Waals surface area contributed by atoms with E-state index < -0.39 is 0 Å². The topological polar surface area (TPSA) is 50.9 Å². The summed E-state index contributed by atoms with van der Waals surface area (Å²) in [7, 11) is 0. The van der Waals surface area contributed by atoms with Gasteiger partial charge in [-0.25, -0.2) is 4.98 Å². The van der Waals surface area contributed by atoms with Crippen LogP contribution in [0.2, 0.25) is 0 Å². The Morgan fingerprint density at radius 1 is 1.50 bits per heavy atom. The molecule has 2 rings (SSSR count). The lowest BCUT2D eigenvalue weighted by Crippen LogP contribution is -2.30. The molecule has 3 N–H and O–H groups in total. The number of aromatic nitrogens is 1. The Morgan fingerprint density at radius 3 is 2.88 bits per heavy atom. The third-order valence-corrected chi connectivity index (χ3v) is 4.23. The monoisotopic (exact) mass is 239 g/mol. The minimum atomic E-state index is 0.0634. The van der Waals surface area contributed by atoms with Crippen LogP contribution in [-0.2, 0) is 6.54 Å². The molecule has 0 bridgehead atoms. The quantitative estimate of drug-likeness (QED) is 0.849. The Bertz CT molecular complexity index is 316. The molecule has 0 aromatic carbocycles. The van der Waals surface area contributed by atoms with E-state index in [0.29, 0.717) is 6.04 Å². The highest BCUT2D eigenvalue weighted by atomic mass is 32.1. The number of hydrogen-bond donors (Lipinski definition) is 2. The summed E-state index contributed by atoms with van der Waals surface area (Å²) in [5.41, 5.74) is 6.94. The Balaban J connectivity index is 1.79. The fourth-order valence-electron chi connectivity index (χ4n) is 2.17. The average molecular weight is 239 g/mol. The Labute approximate surface area is 101 Å². The smallest absolute Gasteiger partial charge is 0.109 e. The molecule has 16 heavy (non-hydrogen) atoms. The van der Waals surface area contributed by atoms with Gasteiger partial charge in [-0.2, -0.15) is 0 Å². The predicted molar refractivity (Wildman–Crippen MR) is 68.4 cm³/mol. The third-order valence-electron chi connectivity index (χ3n) is 3.14. The first kappa shape index (κ1) is 12.0. The lowest BCUT2D eigenvalue weighted by atomic mass is 9.95. The van der Waals surface area contributed by atoms with E-state index in [2.05, 4.69) is 15.7 Å². The first-order valence-electron chi connectivity index (χ1n) is 6.19. The predicted octanol–water partition coefficient (Wildman–Crippen LogP) is 2.59. The molecule has 1 fully saturated rings. The van der Waals surface area contributed by atoms with E-state index in [1.54, 1.807) is 11.3 Å². The zero-order valence-electron chi connectivity index (χ0n) is 9.91. The number of thiazole rings is 1. The fourth-order valence-corrected chi connectivity index (χ4v) is 2.95. The zero-order chi connectivity index (χ0) is 11.4. The van der Waals surface area contributed by atoms with Gasteiger partial charge in [-0.15, -0.1) is 11.3 Å². The molecule has 1 aliphatic rings. The molecule has 1 atom stereocenters. The largest absolute Gasteiger partial charge is 0.322 e. The SMILES string of the molecule is CC(N)c1nc(CNC2CCCCC2)cs1. The van der Waals surface area contributed by atoms with E-state index in [-0.39, 0.29) is 6.04 Å². The number of nitrogens with one attached hydrogen (secondary N) is 1. The van der Waals surface area contributed by atoms with Crippen molar-refractivity contribution in [3.8, 4) is 0 Å². The number of nitrogens with zero attached hydrogens (tertiary/aromatic N) is 1.